The van der Waals surface area contributed by atoms with Crippen LogP contribution in [0.1, 0.15) is 15.9 Å². The Morgan fingerprint density at radius 1 is 1.09 bits per heavy atom. The van der Waals surface area contributed by atoms with Gasteiger partial charge >= 0.3 is 0 Å². The molecule has 6 heteroatoms. The van der Waals surface area contributed by atoms with Crippen LogP contribution in [0.4, 0.5) is 5.69 Å². The second-order valence-corrected chi connectivity index (χ2v) is 6.57. The van der Waals surface area contributed by atoms with Crippen LogP contribution in [0.15, 0.2) is 64.4 Å². The zero-order valence-electron chi connectivity index (χ0n) is 11.6. The minimum Gasteiger partial charge on any atom is -0.322 e. The lowest BCUT2D eigenvalue weighted by Gasteiger charge is -2.06. The van der Waals surface area contributed by atoms with Crippen molar-refractivity contribution in [3.63, 3.8) is 0 Å². The first-order valence-corrected chi connectivity index (χ1v) is 8.52. The van der Waals surface area contributed by atoms with E-state index in [0.717, 1.165) is 21.3 Å². The van der Waals surface area contributed by atoms with Crippen LogP contribution in [-0.2, 0) is 5.75 Å². The molecule has 0 spiro atoms. The minimum atomic E-state index is -0.102. The maximum Gasteiger partial charge on any atom is 0.255 e. The Morgan fingerprint density at radius 2 is 1.86 bits per heavy atom. The highest BCUT2D eigenvalue weighted by atomic mass is 32.2. The van der Waals surface area contributed by atoms with Gasteiger partial charge in [0, 0.05) is 17.0 Å². The topological polar surface area (TPSA) is 54.9 Å². The Kier molecular flexibility index (Phi) is 4.82. The van der Waals surface area contributed by atoms with E-state index in [2.05, 4.69) is 15.5 Å². The molecular formula is C16H13N3OS2. The van der Waals surface area contributed by atoms with Crippen LogP contribution >= 0.6 is 23.1 Å². The Balaban J connectivity index is 1.60. The third-order valence-electron chi connectivity index (χ3n) is 2.95. The highest BCUT2D eigenvalue weighted by molar-refractivity contribution is 8.00. The molecule has 0 saturated heterocycles. The van der Waals surface area contributed by atoms with E-state index >= 15 is 0 Å². The van der Waals surface area contributed by atoms with Crippen molar-refractivity contribution in [1.29, 1.82) is 0 Å². The molecule has 1 N–H and O–H groups in total. The van der Waals surface area contributed by atoms with Gasteiger partial charge in [-0.05, 0) is 29.8 Å². The monoisotopic (exact) mass is 327 g/mol. The number of carbonyl (C=O) groups excluding carboxylic acids is 1. The molecule has 3 aromatic rings. The molecule has 1 heterocycles. The third-order valence-corrected chi connectivity index (χ3v) is 4.88. The molecule has 0 fully saturated rings. The first-order valence-electron chi connectivity index (χ1n) is 6.65. The number of aromatic nitrogens is 2. The van der Waals surface area contributed by atoms with Crippen molar-refractivity contribution in [3.8, 4) is 0 Å². The normalized spacial score (nSPS) is 10.4. The molecule has 0 atom stereocenters. The lowest BCUT2D eigenvalue weighted by Crippen LogP contribution is -2.11. The summed E-state index contributed by atoms with van der Waals surface area (Å²) in [4.78, 5) is 12.1. The predicted molar refractivity (Wildman–Crippen MR) is 90.3 cm³/mol. The van der Waals surface area contributed by atoms with Crippen molar-refractivity contribution in [2.45, 2.75) is 10.1 Å². The van der Waals surface area contributed by atoms with Gasteiger partial charge in [0.25, 0.3) is 5.91 Å². The molecule has 0 radical (unpaired) electrons. The molecule has 0 aliphatic carbocycles. The van der Waals surface area contributed by atoms with E-state index in [1.54, 1.807) is 17.3 Å². The standard InChI is InChI=1S/C16H13N3OS2/c20-15(18-14-4-2-1-3-5-14)13-8-6-12(7-9-13)10-21-16-19-17-11-22-16/h1-9,11H,10H2,(H,18,20). The number of nitrogens with zero attached hydrogens (tertiary/aromatic N) is 2. The van der Waals surface area contributed by atoms with Crippen LogP contribution in [0.3, 0.4) is 0 Å². The summed E-state index contributed by atoms with van der Waals surface area (Å²) in [5.41, 5.74) is 4.31. The molecule has 22 heavy (non-hydrogen) atoms. The molecule has 3 rings (SSSR count). The summed E-state index contributed by atoms with van der Waals surface area (Å²) in [5.74, 6) is 0.713. The van der Waals surface area contributed by atoms with Crippen LogP contribution < -0.4 is 5.32 Å². The van der Waals surface area contributed by atoms with Crippen molar-refractivity contribution in [2.24, 2.45) is 0 Å². The maximum absolute atomic E-state index is 12.1. The van der Waals surface area contributed by atoms with Crippen molar-refractivity contribution in [1.82, 2.24) is 10.2 Å². The van der Waals surface area contributed by atoms with Crippen molar-refractivity contribution in [2.75, 3.05) is 5.32 Å². The SMILES string of the molecule is O=C(Nc1ccccc1)c1ccc(CSc2nncs2)cc1. The Labute approximate surface area is 136 Å². The molecule has 0 aliphatic rings. The molecule has 0 aliphatic heterocycles. The number of benzene rings is 2. The fourth-order valence-corrected chi connectivity index (χ4v) is 3.29. The number of hydrogen-bond donors (Lipinski definition) is 1. The molecule has 2 aromatic carbocycles. The van der Waals surface area contributed by atoms with Gasteiger partial charge in [0.1, 0.15) is 5.51 Å². The smallest absolute Gasteiger partial charge is 0.255 e. The molecule has 0 unspecified atom stereocenters. The Bertz CT molecular complexity index is 728. The lowest BCUT2D eigenvalue weighted by atomic mass is 10.1. The quantitative estimate of drug-likeness (QED) is 0.717. The number of amides is 1. The Hall–Kier alpha value is -2.18. The average molecular weight is 327 g/mol. The highest BCUT2D eigenvalue weighted by Crippen LogP contribution is 2.23. The van der Waals surface area contributed by atoms with Crippen LogP contribution in [0, 0.1) is 0 Å². The number of nitrogens with one attached hydrogen (secondary N) is 1. The first-order chi connectivity index (χ1) is 10.8. The lowest BCUT2D eigenvalue weighted by molar-refractivity contribution is 0.102. The summed E-state index contributed by atoms with van der Waals surface area (Å²) < 4.78 is 0.950. The Morgan fingerprint density at radius 3 is 2.55 bits per heavy atom. The van der Waals surface area contributed by atoms with E-state index in [1.165, 1.54) is 11.3 Å². The van der Waals surface area contributed by atoms with Gasteiger partial charge in [-0.15, -0.1) is 10.2 Å². The first kappa shape index (κ1) is 14.7. The van der Waals surface area contributed by atoms with Crippen LogP contribution in [0.5, 0.6) is 0 Å². The van der Waals surface area contributed by atoms with Gasteiger partial charge in [0.05, 0.1) is 0 Å². The van der Waals surface area contributed by atoms with Crippen LogP contribution in [0.25, 0.3) is 0 Å². The fraction of sp³-hybridized carbons (Fsp3) is 0.0625. The third kappa shape index (κ3) is 3.93. The number of hydrogen-bond acceptors (Lipinski definition) is 5. The van der Waals surface area contributed by atoms with Crippen LogP contribution in [0.2, 0.25) is 0 Å². The molecule has 0 bridgehead atoms. The minimum absolute atomic E-state index is 0.102. The van der Waals surface area contributed by atoms with Gasteiger partial charge in [-0.25, -0.2) is 0 Å². The summed E-state index contributed by atoms with van der Waals surface area (Å²) >= 11 is 3.17. The van der Waals surface area contributed by atoms with Crippen molar-refractivity contribution in [3.05, 3.63) is 71.2 Å². The summed E-state index contributed by atoms with van der Waals surface area (Å²) in [6, 6.07) is 17.0. The van der Waals surface area contributed by atoms with E-state index in [9.17, 15) is 4.79 Å². The number of anilines is 1. The molecule has 110 valence electrons. The summed E-state index contributed by atoms with van der Waals surface area (Å²) in [7, 11) is 0. The fourth-order valence-electron chi connectivity index (χ4n) is 1.85. The van der Waals surface area contributed by atoms with E-state index in [0.29, 0.717) is 5.56 Å². The molecule has 1 aromatic heterocycles. The highest BCUT2D eigenvalue weighted by Gasteiger charge is 2.06. The zero-order valence-corrected chi connectivity index (χ0v) is 13.2. The van der Waals surface area contributed by atoms with E-state index in [4.69, 9.17) is 0 Å². The van der Waals surface area contributed by atoms with Crippen molar-refractivity contribution >= 4 is 34.7 Å². The summed E-state index contributed by atoms with van der Waals surface area (Å²) in [6.07, 6.45) is 0. The molecule has 1 amide bonds. The maximum atomic E-state index is 12.1. The molecule has 0 saturated carbocycles. The largest absolute Gasteiger partial charge is 0.322 e. The molecular weight excluding hydrogens is 314 g/mol. The van der Waals surface area contributed by atoms with Gasteiger partial charge in [0.2, 0.25) is 0 Å². The summed E-state index contributed by atoms with van der Waals surface area (Å²) in [6.45, 7) is 0. The van der Waals surface area contributed by atoms with Gasteiger partial charge in [-0.3, -0.25) is 4.79 Å². The second-order valence-electron chi connectivity index (χ2n) is 4.51. The van der Waals surface area contributed by atoms with E-state index in [-0.39, 0.29) is 5.91 Å². The van der Waals surface area contributed by atoms with Gasteiger partial charge < -0.3 is 5.32 Å². The second kappa shape index (κ2) is 7.20. The zero-order chi connectivity index (χ0) is 15.2. The number of thioether (sulfide) groups is 1. The van der Waals surface area contributed by atoms with E-state index in [1.807, 2.05) is 54.6 Å². The number of rotatable bonds is 5. The summed E-state index contributed by atoms with van der Waals surface area (Å²) in [5, 5.41) is 10.7. The predicted octanol–water partition coefficient (Wildman–Crippen LogP) is 4.08. The van der Waals surface area contributed by atoms with Crippen molar-refractivity contribution < 1.29 is 4.79 Å². The van der Waals surface area contributed by atoms with Gasteiger partial charge in [0.15, 0.2) is 4.34 Å². The van der Waals surface area contributed by atoms with E-state index < -0.39 is 0 Å². The van der Waals surface area contributed by atoms with Gasteiger partial charge in [-0.2, -0.15) is 0 Å². The number of para-hydroxylation sites is 1. The average Bonchev–Trinajstić information content (AvgIpc) is 3.08. The molecule has 4 nitrogen and oxygen atoms in total. The van der Waals surface area contributed by atoms with Gasteiger partial charge in [-0.1, -0.05) is 53.4 Å². The number of carbonyl (C=O) groups is 1. The van der Waals surface area contributed by atoms with Crippen LogP contribution in [-0.4, -0.2) is 16.1 Å².